The molecule has 19 heavy (non-hydrogen) atoms. The Morgan fingerprint density at radius 1 is 0.895 bits per heavy atom. The maximum absolute atomic E-state index is 12.7. The fourth-order valence-electron chi connectivity index (χ4n) is 2.78. The summed E-state index contributed by atoms with van der Waals surface area (Å²) in [5.41, 5.74) is 0.921. The SMILES string of the molecule is CC(C)(C)N1CC(=O)C2=C(C1=O)N(C(C)(C)C)CC2. The van der Waals surface area contributed by atoms with E-state index in [9.17, 15) is 9.59 Å². The minimum Gasteiger partial charge on any atom is -0.362 e. The highest BCUT2D eigenvalue weighted by Crippen LogP contribution is 2.36. The fraction of sp³-hybridized carbons (Fsp3) is 0.733. The Bertz CT molecular complexity index is 464. The third-order valence-corrected chi connectivity index (χ3v) is 3.85. The molecule has 0 atom stereocenters. The van der Waals surface area contributed by atoms with Crippen molar-refractivity contribution in [2.75, 3.05) is 13.1 Å². The molecular formula is C15H24N2O2. The molecule has 0 aliphatic carbocycles. The third kappa shape index (κ3) is 2.28. The number of hydrogen-bond donors (Lipinski definition) is 0. The van der Waals surface area contributed by atoms with Gasteiger partial charge in [0.15, 0.2) is 5.78 Å². The van der Waals surface area contributed by atoms with Gasteiger partial charge in [0.25, 0.3) is 5.91 Å². The van der Waals surface area contributed by atoms with E-state index in [4.69, 9.17) is 0 Å². The molecule has 2 rings (SSSR count). The Morgan fingerprint density at radius 3 is 1.89 bits per heavy atom. The molecule has 0 aromatic carbocycles. The molecule has 0 radical (unpaired) electrons. The number of Topliss-reactive ketones (excluding diaryl/α,β-unsaturated/α-hetero) is 1. The number of nitrogens with zero attached hydrogens (tertiary/aromatic N) is 2. The number of amides is 1. The quantitative estimate of drug-likeness (QED) is 0.671. The number of carbonyl (C=O) groups is 2. The minimum absolute atomic E-state index is 0.00882. The van der Waals surface area contributed by atoms with Crippen LogP contribution in [0.3, 0.4) is 0 Å². The summed E-state index contributed by atoms with van der Waals surface area (Å²) in [4.78, 5) is 28.8. The van der Waals surface area contributed by atoms with Gasteiger partial charge in [-0.05, 0) is 48.0 Å². The normalized spacial score (nSPS) is 21.4. The van der Waals surface area contributed by atoms with Crippen molar-refractivity contribution in [2.24, 2.45) is 0 Å². The van der Waals surface area contributed by atoms with Crippen molar-refractivity contribution in [3.8, 4) is 0 Å². The van der Waals surface area contributed by atoms with Crippen LogP contribution in [0, 0.1) is 0 Å². The van der Waals surface area contributed by atoms with E-state index < -0.39 is 0 Å². The molecule has 0 N–H and O–H groups in total. The predicted octanol–water partition coefficient (Wildman–Crippen LogP) is 1.95. The zero-order chi connectivity index (χ0) is 14.6. The van der Waals surface area contributed by atoms with Crippen molar-refractivity contribution in [3.63, 3.8) is 0 Å². The van der Waals surface area contributed by atoms with E-state index in [2.05, 4.69) is 25.7 Å². The van der Waals surface area contributed by atoms with E-state index in [1.54, 1.807) is 4.90 Å². The highest BCUT2D eigenvalue weighted by Gasteiger charge is 2.44. The second-order valence-electron chi connectivity index (χ2n) is 7.38. The van der Waals surface area contributed by atoms with Gasteiger partial charge in [0, 0.05) is 23.2 Å². The molecule has 0 aromatic rings. The van der Waals surface area contributed by atoms with Crippen LogP contribution in [0.15, 0.2) is 11.3 Å². The molecule has 1 amide bonds. The molecular weight excluding hydrogens is 240 g/mol. The van der Waals surface area contributed by atoms with Gasteiger partial charge in [-0.2, -0.15) is 0 Å². The molecule has 0 unspecified atom stereocenters. The first-order valence-electron chi connectivity index (χ1n) is 6.89. The van der Waals surface area contributed by atoms with Crippen LogP contribution in [0.2, 0.25) is 0 Å². The van der Waals surface area contributed by atoms with E-state index in [1.807, 2.05) is 20.8 Å². The van der Waals surface area contributed by atoms with Crippen molar-refractivity contribution in [3.05, 3.63) is 11.3 Å². The molecule has 2 aliphatic rings. The lowest BCUT2D eigenvalue weighted by atomic mass is 9.96. The van der Waals surface area contributed by atoms with Gasteiger partial charge in [-0.15, -0.1) is 0 Å². The summed E-state index contributed by atoms with van der Waals surface area (Å²) in [5, 5.41) is 0. The van der Waals surface area contributed by atoms with Gasteiger partial charge < -0.3 is 9.80 Å². The summed E-state index contributed by atoms with van der Waals surface area (Å²) in [6.45, 7) is 13.1. The van der Waals surface area contributed by atoms with E-state index in [0.29, 0.717) is 12.1 Å². The first-order valence-corrected chi connectivity index (χ1v) is 6.89. The summed E-state index contributed by atoms with van der Waals surface area (Å²) in [6, 6.07) is 0. The van der Waals surface area contributed by atoms with Gasteiger partial charge in [0.2, 0.25) is 0 Å². The van der Waals surface area contributed by atoms with Gasteiger partial charge in [0.1, 0.15) is 5.70 Å². The summed E-state index contributed by atoms with van der Waals surface area (Å²) < 4.78 is 0. The van der Waals surface area contributed by atoms with Gasteiger partial charge in [-0.3, -0.25) is 9.59 Å². The van der Waals surface area contributed by atoms with Gasteiger partial charge in [-0.25, -0.2) is 0 Å². The molecule has 0 saturated heterocycles. The summed E-state index contributed by atoms with van der Waals surface area (Å²) in [6.07, 6.45) is 0.704. The maximum atomic E-state index is 12.7. The zero-order valence-corrected chi connectivity index (χ0v) is 12.8. The van der Waals surface area contributed by atoms with Crippen molar-refractivity contribution in [2.45, 2.75) is 59.0 Å². The standard InChI is InChI=1S/C15H24N2O2/c1-14(2,3)16-8-7-10-11(18)9-17(15(4,5)6)13(19)12(10)16/h7-9H2,1-6H3. The second-order valence-corrected chi connectivity index (χ2v) is 7.38. The minimum atomic E-state index is -0.322. The van der Waals surface area contributed by atoms with E-state index >= 15 is 0 Å². The lowest BCUT2D eigenvalue weighted by Crippen LogP contribution is -2.54. The fourth-order valence-corrected chi connectivity index (χ4v) is 2.78. The van der Waals surface area contributed by atoms with Crippen LogP contribution in [-0.4, -0.2) is 45.7 Å². The lowest BCUT2D eigenvalue weighted by molar-refractivity contribution is -0.139. The van der Waals surface area contributed by atoms with Crippen LogP contribution < -0.4 is 0 Å². The third-order valence-electron chi connectivity index (χ3n) is 3.85. The summed E-state index contributed by atoms with van der Waals surface area (Å²) in [7, 11) is 0. The van der Waals surface area contributed by atoms with E-state index in [-0.39, 0.29) is 29.3 Å². The number of ketones is 1. The first-order chi connectivity index (χ1) is 8.53. The van der Waals surface area contributed by atoms with Gasteiger partial charge in [-0.1, -0.05) is 0 Å². The molecule has 0 fully saturated rings. The van der Waals surface area contributed by atoms with Crippen LogP contribution in [0.25, 0.3) is 0 Å². The average molecular weight is 264 g/mol. The molecule has 4 nitrogen and oxygen atoms in total. The topological polar surface area (TPSA) is 40.6 Å². The predicted molar refractivity (Wildman–Crippen MR) is 74.6 cm³/mol. The summed E-state index contributed by atoms with van der Waals surface area (Å²) in [5.74, 6) is 0.116. The molecule has 2 aliphatic heterocycles. The Morgan fingerprint density at radius 2 is 1.42 bits per heavy atom. The smallest absolute Gasteiger partial charge is 0.271 e. The Labute approximate surface area is 115 Å². The van der Waals surface area contributed by atoms with Crippen molar-refractivity contribution >= 4 is 11.7 Å². The average Bonchev–Trinajstić information content (AvgIpc) is 2.66. The highest BCUT2D eigenvalue weighted by molar-refractivity contribution is 6.12. The maximum Gasteiger partial charge on any atom is 0.271 e. The van der Waals surface area contributed by atoms with Gasteiger partial charge in [0.05, 0.1) is 6.54 Å². The molecule has 0 aromatic heterocycles. The number of rotatable bonds is 0. The van der Waals surface area contributed by atoms with Crippen LogP contribution in [-0.2, 0) is 9.59 Å². The van der Waals surface area contributed by atoms with Crippen molar-refractivity contribution in [1.82, 2.24) is 9.80 Å². The van der Waals surface area contributed by atoms with Gasteiger partial charge >= 0.3 is 0 Å². The molecule has 4 heteroatoms. The van der Waals surface area contributed by atoms with Crippen LogP contribution in [0.4, 0.5) is 0 Å². The van der Waals surface area contributed by atoms with Crippen molar-refractivity contribution < 1.29 is 9.59 Å². The molecule has 0 spiro atoms. The molecule has 0 saturated carbocycles. The highest BCUT2D eigenvalue weighted by atomic mass is 16.2. The van der Waals surface area contributed by atoms with Crippen molar-refractivity contribution in [1.29, 1.82) is 0 Å². The van der Waals surface area contributed by atoms with Crippen LogP contribution in [0.5, 0.6) is 0 Å². The second kappa shape index (κ2) is 4.09. The number of carbonyl (C=O) groups excluding carboxylic acids is 2. The Kier molecular flexibility index (Phi) is 3.03. The molecule has 106 valence electrons. The van der Waals surface area contributed by atoms with Crippen LogP contribution >= 0.6 is 0 Å². The largest absolute Gasteiger partial charge is 0.362 e. The number of hydrogen-bond acceptors (Lipinski definition) is 3. The van der Waals surface area contributed by atoms with E-state index in [0.717, 1.165) is 12.1 Å². The molecule has 2 heterocycles. The van der Waals surface area contributed by atoms with E-state index in [1.165, 1.54) is 0 Å². The first kappa shape index (κ1) is 14.1. The lowest BCUT2D eigenvalue weighted by Gasteiger charge is -2.42. The Balaban J connectivity index is 2.45. The monoisotopic (exact) mass is 264 g/mol. The Hall–Kier alpha value is -1.32. The zero-order valence-electron chi connectivity index (χ0n) is 12.8. The molecule has 0 bridgehead atoms. The van der Waals surface area contributed by atoms with Crippen LogP contribution in [0.1, 0.15) is 48.0 Å². The summed E-state index contributed by atoms with van der Waals surface area (Å²) >= 11 is 0.